The van der Waals surface area contributed by atoms with E-state index in [0.29, 0.717) is 12.1 Å². The Morgan fingerprint density at radius 3 is 3.24 bits per heavy atom. The SMILES string of the molecule is CCn1cnnc1CNC(C)CC1CCCN1. The van der Waals surface area contributed by atoms with Crippen LogP contribution in [0.3, 0.4) is 0 Å². The zero-order chi connectivity index (χ0) is 12.1. The van der Waals surface area contributed by atoms with Crippen molar-refractivity contribution >= 4 is 0 Å². The molecule has 1 fully saturated rings. The van der Waals surface area contributed by atoms with E-state index in [-0.39, 0.29) is 0 Å². The summed E-state index contributed by atoms with van der Waals surface area (Å²) in [6, 6.07) is 1.22. The second kappa shape index (κ2) is 6.12. The summed E-state index contributed by atoms with van der Waals surface area (Å²) in [5.74, 6) is 1.03. The van der Waals surface area contributed by atoms with Crippen molar-refractivity contribution in [2.75, 3.05) is 6.54 Å². The van der Waals surface area contributed by atoms with Crippen LogP contribution in [0, 0.1) is 0 Å². The van der Waals surface area contributed by atoms with Gasteiger partial charge in [-0.2, -0.15) is 0 Å². The highest BCUT2D eigenvalue weighted by atomic mass is 15.3. The predicted molar refractivity (Wildman–Crippen MR) is 67.6 cm³/mol. The van der Waals surface area contributed by atoms with Gasteiger partial charge in [-0.15, -0.1) is 10.2 Å². The molecular weight excluding hydrogens is 214 g/mol. The Kier molecular flexibility index (Phi) is 4.50. The van der Waals surface area contributed by atoms with E-state index in [4.69, 9.17) is 0 Å². The van der Waals surface area contributed by atoms with Crippen molar-refractivity contribution in [1.29, 1.82) is 0 Å². The van der Waals surface area contributed by atoms with Gasteiger partial charge in [0.05, 0.1) is 6.54 Å². The monoisotopic (exact) mass is 237 g/mol. The third-order valence-electron chi connectivity index (χ3n) is 3.45. The molecule has 0 spiro atoms. The Morgan fingerprint density at radius 2 is 2.53 bits per heavy atom. The molecule has 5 nitrogen and oxygen atoms in total. The summed E-state index contributed by atoms with van der Waals surface area (Å²) in [4.78, 5) is 0. The summed E-state index contributed by atoms with van der Waals surface area (Å²) in [5.41, 5.74) is 0. The van der Waals surface area contributed by atoms with Crippen molar-refractivity contribution in [3.8, 4) is 0 Å². The van der Waals surface area contributed by atoms with Gasteiger partial charge >= 0.3 is 0 Å². The van der Waals surface area contributed by atoms with E-state index in [2.05, 4.69) is 39.2 Å². The Morgan fingerprint density at radius 1 is 1.65 bits per heavy atom. The highest BCUT2D eigenvalue weighted by molar-refractivity contribution is 4.86. The van der Waals surface area contributed by atoms with Crippen LogP contribution in [0.25, 0.3) is 0 Å². The lowest BCUT2D eigenvalue weighted by molar-refractivity contribution is 0.431. The lowest BCUT2D eigenvalue weighted by atomic mass is 10.1. The smallest absolute Gasteiger partial charge is 0.146 e. The van der Waals surface area contributed by atoms with Crippen LogP contribution in [0.5, 0.6) is 0 Å². The van der Waals surface area contributed by atoms with Crippen molar-refractivity contribution in [1.82, 2.24) is 25.4 Å². The fourth-order valence-electron chi connectivity index (χ4n) is 2.41. The number of rotatable bonds is 6. The molecule has 17 heavy (non-hydrogen) atoms. The largest absolute Gasteiger partial charge is 0.317 e. The van der Waals surface area contributed by atoms with Gasteiger partial charge in [-0.1, -0.05) is 0 Å². The van der Waals surface area contributed by atoms with E-state index in [9.17, 15) is 0 Å². The maximum absolute atomic E-state index is 4.13. The minimum absolute atomic E-state index is 0.521. The Balaban J connectivity index is 1.73. The van der Waals surface area contributed by atoms with Crippen LogP contribution in [0.1, 0.15) is 38.9 Å². The molecule has 5 heteroatoms. The first kappa shape index (κ1) is 12.5. The van der Waals surface area contributed by atoms with E-state index in [1.54, 1.807) is 6.33 Å². The molecule has 1 aliphatic rings. The van der Waals surface area contributed by atoms with Crippen LogP contribution in [0.15, 0.2) is 6.33 Å². The molecule has 0 aliphatic carbocycles. The molecule has 1 saturated heterocycles. The van der Waals surface area contributed by atoms with Gasteiger partial charge in [0.2, 0.25) is 0 Å². The van der Waals surface area contributed by atoms with Crippen LogP contribution in [-0.2, 0) is 13.1 Å². The number of nitrogens with one attached hydrogen (secondary N) is 2. The van der Waals surface area contributed by atoms with Gasteiger partial charge in [0, 0.05) is 18.6 Å². The summed E-state index contributed by atoms with van der Waals surface area (Å²) >= 11 is 0. The topological polar surface area (TPSA) is 54.8 Å². The van der Waals surface area contributed by atoms with Crippen LogP contribution < -0.4 is 10.6 Å². The molecule has 1 aliphatic heterocycles. The third-order valence-corrected chi connectivity index (χ3v) is 3.45. The lowest BCUT2D eigenvalue weighted by Gasteiger charge is -2.18. The third kappa shape index (κ3) is 3.51. The van der Waals surface area contributed by atoms with E-state index >= 15 is 0 Å². The molecular formula is C12H23N5. The molecule has 0 bridgehead atoms. The normalized spacial score (nSPS) is 21.9. The zero-order valence-corrected chi connectivity index (χ0v) is 10.8. The number of hydrogen-bond donors (Lipinski definition) is 2. The zero-order valence-electron chi connectivity index (χ0n) is 10.8. The van der Waals surface area contributed by atoms with Gasteiger partial charge < -0.3 is 15.2 Å². The first-order chi connectivity index (χ1) is 8.29. The van der Waals surface area contributed by atoms with Crippen molar-refractivity contribution in [3.05, 3.63) is 12.2 Å². The molecule has 2 atom stereocenters. The van der Waals surface area contributed by atoms with Gasteiger partial charge in [0.15, 0.2) is 0 Å². The Bertz CT molecular complexity index is 329. The van der Waals surface area contributed by atoms with Gasteiger partial charge in [-0.25, -0.2) is 0 Å². The van der Waals surface area contributed by atoms with Crippen molar-refractivity contribution in [2.45, 2.75) is 58.3 Å². The summed E-state index contributed by atoms with van der Waals surface area (Å²) < 4.78 is 2.08. The van der Waals surface area contributed by atoms with E-state index in [1.165, 1.54) is 25.8 Å². The quantitative estimate of drug-likeness (QED) is 0.772. The fourth-order valence-corrected chi connectivity index (χ4v) is 2.41. The summed E-state index contributed by atoms with van der Waals surface area (Å²) in [7, 11) is 0. The average molecular weight is 237 g/mol. The van der Waals surface area contributed by atoms with E-state index in [1.807, 2.05) is 0 Å². The molecule has 0 radical (unpaired) electrons. The summed E-state index contributed by atoms with van der Waals surface area (Å²) in [6.07, 6.45) is 5.62. The standard InChI is InChI=1S/C12H23N5/c1-3-17-9-15-16-12(17)8-14-10(2)7-11-5-4-6-13-11/h9-11,13-14H,3-8H2,1-2H3. The number of aryl methyl sites for hydroxylation is 1. The Hall–Kier alpha value is -0.940. The van der Waals surface area contributed by atoms with Gasteiger partial charge in [-0.05, 0) is 39.7 Å². The predicted octanol–water partition coefficient (Wildman–Crippen LogP) is 0.918. The van der Waals surface area contributed by atoms with E-state index in [0.717, 1.165) is 18.9 Å². The van der Waals surface area contributed by atoms with Crippen molar-refractivity contribution < 1.29 is 0 Å². The molecule has 2 unspecified atom stereocenters. The lowest BCUT2D eigenvalue weighted by Crippen LogP contribution is -2.34. The number of nitrogens with zero attached hydrogens (tertiary/aromatic N) is 3. The Labute approximate surface area is 103 Å². The first-order valence-corrected chi connectivity index (χ1v) is 6.63. The number of hydrogen-bond acceptors (Lipinski definition) is 4. The first-order valence-electron chi connectivity index (χ1n) is 6.63. The minimum Gasteiger partial charge on any atom is -0.317 e. The second-order valence-electron chi connectivity index (χ2n) is 4.84. The van der Waals surface area contributed by atoms with Crippen molar-refractivity contribution in [2.24, 2.45) is 0 Å². The maximum atomic E-state index is 4.13. The highest BCUT2D eigenvalue weighted by Gasteiger charge is 2.17. The van der Waals surface area contributed by atoms with Gasteiger partial charge in [-0.3, -0.25) is 0 Å². The summed E-state index contributed by atoms with van der Waals surface area (Å²) in [5, 5.41) is 15.1. The minimum atomic E-state index is 0.521. The molecule has 1 aromatic rings. The van der Waals surface area contributed by atoms with Crippen LogP contribution in [-0.4, -0.2) is 33.4 Å². The molecule has 0 saturated carbocycles. The molecule has 2 N–H and O–H groups in total. The molecule has 2 rings (SSSR count). The number of aromatic nitrogens is 3. The highest BCUT2D eigenvalue weighted by Crippen LogP contribution is 2.11. The average Bonchev–Trinajstić information content (AvgIpc) is 2.96. The van der Waals surface area contributed by atoms with Crippen LogP contribution in [0.4, 0.5) is 0 Å². The van der Waals surface area contributed by atoms with E-state index < -0.39 is 0 Å². The molecule has 2 heterocycles. The second-order valence-corrected chi connectivity index (χ2v) is 4.84. The van der Waals surface area contributed by atoms with Gasteiger partial charge in [0.1, 0.15) is 12.2 Å². The molecule has 0 amide bonds. The van der Waals surface area contributed by atoms with Crippen LogP contribution >= 0.6 is 0 Å². The molecule has 1 aromatic heterocycles. The molecule has 0 aromatic carbocycles. The maximum Gasteiger partial charge on any atom is 0.146 e. The fraction of sp³-hybridized carbons (Fsp3) is 0.833. The van der Waals surface area contributed by atoms with Crippen LogP contribution in [0.2, 0.25) is 0 Å². The van der Waals surface area contributed by atoms with Gasteiger partial charge in [0.25, 0.3) is 0 Å². The van der Waals surface area contributed by atoms with Crippen molar-refractivity contribution in [3.63, 3.8) is 0 Å². The summed E-state index contributed by atoms with van der Waals surface area (Å²) in [6.45, 7) is 7.28. The molecule has 96 valence electrons.